The summed E-state index contributed by atoms with van der Waals surface area (Å²) >= 11 is 0. The Morgan fingerprint density at radius 1 is 1.21 bits per heavy atom. The fourth-order valence-electron chi connectivity index (χ4n) is 1.30. The van der Waals surface area contributed by atoms with Crippen LogP contribution in [0.1, 0.15) is 5.56 Å². The highest BCUT2D eigenvalue weighted by Gasteiger charge is 2.27. The van der Waals surface area contributed by atoms with Gasteiger partial charge in [-0.1, -0.05) is 12.1 Å². The molecule has 4 nitrogen and oxygen atoms in total. The quantitative estimate of drug-likeness (QED) is 0.708. The van der Waals surface area contributed by atoms with Gasteiger partial charge in [0, 0.05) is 12.2 Å². The predicted octanol–water partition coefficient (Wildman–Crippen LogP) is 1.53. The van der Waals surface area contributed by atoms with Crippen LogP contribution < -0.4 is 5.32 Å². The summed E-state index contributed by atoms with van der Waals surface area (Å²) in [7, 11) is 0. The Kier molecular flexibility index (Phi) is 6.07. The van der Waals surface area contributed by atoms with Crippen molar-refractivity contribution in [2.45, 2.75) is 18.9 Å². The van der Waals surface area contributed by atoms with Crippen molar-refractivity contribution >= 4 is 5.69 Å². The molecule has 0 aliphatic heterocycles. The van der Waals surface area contributed by atoms with Gasteiger partial charge in [0.15, 0.2) is 0 Å². The van der Waals surface area contributed by atoms with E-state index in [4.69, 9.17) is 10.2 Å². The molecule has 7 heteroatoms. The maximum atomic E-state index is 11.9. The Morgan fingerprint density at radius 3 is 2.37 bits per heavy atom. The third-order valence-electron chi connectivity index (χ3n) is 2.24. The van der Waals surface area contributed by atoms with Crippen molar-refractivity contribution in [1.29, 1.82) is 0 Å². The molecular weight excluding hydrogens is 263 g/mol. The second kappa shape index (κ2) is 7.32. The summed E-state index contributed by atoms with van der Waals surface area (Å²) in [4.78, 5) is 0. The first kappa shape index (κ1) is 15.7. The van der Waals surface area contributed by atoms with Crippen LogP contribution in [0, 0.1) is 0 Å². The van der Waals surface area contributed by atoms with Crippen LogP contribution in [0.15, 0.2) is 24.3 Å². The Balaban J connectivity index is 2.35. The van der Waals surface area contributed by atoms with Gasteiger partial charge in [-0.3, -0.25) is 0 Å². The topological polar surface area (TPSA) is 61.7 Å². The highest BCUT2D eigenvalue weighted by Crippen LogP contribution is 2.16. The predicted molar refractivity (Wildman–Crippen MR) is 63.7 cm³/mol. The first-order valence-electron chi connectivity index (χ1n) is 5.67. The minimum atomic E-state index is -4.32. The van der Waals surface area contributed by atoms with E-state index in [0.717, 1.165) is 0 Å². The molecule has 0 heterocycles. The zero-order valence-electron chi connectivity index (χ0n) is 10.2. The number of nitrogens with one attached hydrogen (secondary N) is 1. The Hall–Kier alpha value is -1.31. The second-order valence-electron chi connectivity index (χ2n) is 4.02. The number of aliphatic hydroxyl groups excluding tert-OH is 2. The van der Waals surface area contributed by atoms with Crippen molar-refractivity contribution in [3.05, 3.63) is 29.8 Å². The van der Waals surface area contributed by atoms with Crippen LogP contribution in [-0.2, 0) is 11.3 Å². The third kappa shape index (κ3) is 7.00. The number of alkyl halides is 3. The van der Waals surface area contributed by atoms with Crippen molar-refractivity contribution in [2.75, 3.05) is 25.1 Å². The van der Waals surface area contributed by atoms with E-state index in [2.05, 4.69) is 10.1 Å². The van der Waals surface area contributed by atoms with Crippen LogP contribution in [0.4, 0.5) is 18.9 Å². The largest absolute Gasteiger partial charge is 0.411 e. The van der Waals surface area contributed by atoms with Gasteiger partial charge in [0.25, 0.3) is 0 Å². The second-order valence-corrected chi connectivity index (χ2v) is 4.02. The molecule has 1 unspecified atom stereocenters. The smallest absolute Gasteiger partial charge is 0.394 e. The van der Waals surface area contributed by atoms with Gasteiger partial charge >= 0.3 is 6.18 Å². The molecule has 0 radical (unpaired) electrons. The zero-order valence-corrected chi connectivity index (χ0v) is 10.2. The summed E-state index contributed by atoms with van der Waals surface area (Å²) in [6.07, 6.45) is -5.17. The van der Waals surface area contributed by atoms with Gasteiger partial charge in [0.1, 0.15) is 6.61 Å². The van der Waals surface area contributed by atoms with Crippen LogP contribution in [0.3, 0.4) is 0 Å². The lowest BCUT2D eigenvalue weighted by Gasteiger charge is -2.11. The fourth-order valence-corrected chi connectivity index (χ4v) is 1.30. The number of benzene rings is 1. The molecule has 3 N–H and O–H groups in total. The van der Waals surface area contributed by atoms with Crippen LogP contribution in [0.2, 0.25) is 0 Å². The van der Waals surface area contributed by atoms with E-state index in [9.17, 15) is 13.2 Å². The lowest BCUT2D eigenvalue weighted by molar-refractivity contribution is -0.176. The molecule has 0 spiro atoms. The molecular formula is C12H16F3NO3. The molecule has 0 fully saturated rings. The van der Waals surface area contributed by atoms with Crippen molar-refractivity contribution in [3.63, 3.8) is 0 Å². The van der Waals surface area contributed by atoms with E-state index >= 15 is 0 Å². The van der Waals surface area contributed by atoms with Crippen molar-refractivity contribution in [1.82, 2.24) is 0 Å². The zero-order chi connectivity index (χ0) is 14.3. The van der Waals surface area contributed by atoms with Crippen LogP contribution >= 0.6 is 0 Å². The number of hydrogen-bond acceptors (Lipinski definition) is 4. The van der Waals surface area contributed by atoms with Gasteiger partial charge in [-0.2, -0.15) is 13.2 Å². The first-order chi connectivity index (χ1) is 8.90. The Morgan fingerprint density at radius 2 is 1.84 bits per heavy atom. The SMILES string of the molecule is OCC(O)CNc1ccc(COCC(F)(F)F)cc1. The van der Waals surface area contributed by atoms with Gasteiger partial charge in [0.2, 0.25) is 0 Å². The van der Waals surface area contributed by atoms with Gasteiger partial charge in [-0.05, 0) is 17.7 Å². The van der Waals surface area contributed by atoms with Gasteiger partial charge in [-0.25, -0.2) is 0 Å². The number of anilines is 1. The van der Waals surface area contributed by atoms with E-state index < -0.39 is 18.9 Å². The van der Waals surface area contributed by atoms with Crippen LogP contribution in [0.25, 0.3) is 0 Å². The molecule has 1 aromatic rings. The molecule has 0 saturated heterocycles. The molecule has 0 aliphatic rings. The lowest BCUT2D eigenvalue weighted by atomic mass is 10.2. The molecule has 1 aromatic carbocycles. The number of halogens is 3. The molecule has 0 saturated carbocycles. The standard InChI is InChI=1S/C12H16F3NO3/c13-12(14,15)8-19-7-9-1-3-10(4-2-9)16-5-11(18)6-17/h1-4,11,16-18H,5-8H2. The molecule has 1 rings (SSSR count). The summed E-state index contributed by atoms with van der Waals surface area (Å²) in [5.41, 5.74) is 1.32. The summed E-state index contributed by atoms with van der Waals surface area (Å²) in [6.45, 7) is -1.52. The molecule has 19 heavy (non-hydrogen) atoms. The lowest BCUT2D eigenvalue weighted by Crippen LogP contribution is -2.22. The van der Waals surface area contributed by atoms with E-state index in [1.54, 1.807) is 24.3 Å². The molecule has 0 aromatic heterocycles. The van der Waals surface area contributed by atoms with E-state index in [0.29, 0.717) is 11.3 Å². The number of rotatable bonds is 7. The first-order valence-corrected chi connectivity index (χ1v) is 5.67. The van der Waals surface area contributed by atoms with E-state index in [-0.39, 0.29) is 19.8 Å². The Labute approximate surface area is 108 Å². The molecule has 0 aliphatic carbocycles. The Bertz CT molecular complexity index is 367. The average Bonchev–Trinajstić information content (AvgIpc) is 2.36. The third-order valence-corrected chi connectivity index (χ3v) is 2.24. The van der Waals surface area contributed by atoms with Gasteiger partial charge in [0.05, 0.1) is 19.3 Å². The number of ether oxygens (including phenoxy) is 1. The molecule has 1 atom stereocenters. The monoisotopic (exact) mass is 279 g/mol. The maximum absolute atomic E-state index is 11.9. The minimum Gasteiger partial charge on any atom is -0.394 e. The highest BCUT2D eigenvalue weighted by atomic mass is 19.4. The average molecular weight is 279 g/mol. The van der Waals surface area contributed by atoms with Gasteiger partial charge in [-0.15, -0.1) is 0 Å². The van der Waals surface area contributed by atoms with Crippen LogP contribution in [-0.4, -0.2) is 42.3 Å². The summed E-state index contributed by atoms with van der Waals surface area (Å²) < 4.78 is 40.1. The van der Waals surface area contributed by atoms with Crippen molar-refractivity contribution in [2.24, 2.45) is 0 Å². The fraction of sp³-hybridized carbons (Fsp3) is 0.500. The van der Waals surface area contributed by atoms with E-state index in [1.165, 1.54) is 0 Å². The number of hydrogen-bond donors (Lipinski definition) is 3. The summed E-state index contributed by atoms with van der Waals surface area (Å²) in [5.74, 6) is 0. The maximum Gasteiger partial charge on any atom is 0.411 e. The minimum absolute atomic E-state index is 0.112. The molecule has 0 amide bonds. The van der Waals surface area contributed by atoms with Crippen molar-refractivity contribution < 1.29 is 28.1 Å². The summed E-state index contributed by atoms with van der Waals surface area (Å²) in [6, 6.07) is 6.58. The summed E-state index contributed by atoms with van der Waals surface area (Å²) in [5, 5.41) is 20.6. The molecule has 108 valence electrons. The number of aliphatic hydroxyl groups is 2. The normalized spacial score (nSPS) is 13.3. The molecule has 0 bridgehead atoms. The van der Waals surface area contributed by atoms with Crippen molar-refractivity contribution in [3.8, 4) is 0 Å². The highest BCUT2D eigenvalue weighted by molar-refractivity contribution is 5.44. The van der Waals surface area contributed by atoms with E-state index in [1.807, 2.05) is 0 Å². The van der Waals surface area contributed by atoms with Crippen LogP contribution in [0.5, 0.6) is 0 Å². The van der Waals surface area contributed by atoms with Gasteiger partial charge < -0.3 is 20.3 Å².